The third-order valence-electron chi connectivity index (χ3n) is 3.59. The summed E-state index contributed by atoms with van der Waals surface area (Å²) >= 11 is 0. The number of likely N-dealkylation sites (N-methyl/N-ethyl adjacent to an activating group) is 1. The van der Waals surface area contributed by atoms with Gasteiger partial charge in [0.25, 0.3) is 0 Å². The summed E-state index contributed by atoms with van der Waals surface area (Å²) in [4.78, 5) is 0. The second-order valence-electron chi connectivity index (χ2n) is 5.04. The van der Waals surface area contributed by atoms with Crippen LogP contribution in [0.3, 0.4) is 0 Å². The molecule has 114 valence electrons. The number of benzene rings is 1. The van der Waals surface area contributed by atoms with Gasteiger partial charge in [-0.25, -0.2) is 4.39 Å². The number of aryl methyl sites for hydroxylation is 2. The zero-order chi connectivity index (χ0) is 15.4. The van der Waals surface area contributed by atoms with Crippen molar-refractivity contribution >= 4 is 0 Å². The fourth-order valence-corrected chi connectivity index (χ4v) is 2.53. The Hall–Kier alpha value is -1.88. The Morgan fingerprint density at radius 3 is 2.71 bits per heavy atom. The molecular weight excluding hydrogens is 269 g/mol. The van der Waals surface area contributed by atoms with Crippen LogP contribution in [0.25, 0.3) is 0 Å². The van der Waals surface area contributed by atoms with E-state index in [2.05, 4.69) is 23.4 Å². The van der Waals surface area contributed by atoms with Gasteiger partial charge in [-0.15, -0.1) is 0 Å². The predicted molar refractivity (Wildman–Crippen MR) is 81.1 cm³/mol. The van der Waals surface area contributed by atoms with Crippen LogP contribution < -0.4 is 10.1 Å². The van der Waals surface area contributed by atoms with E-state index in [0.717, 1.165) is 23.5 Å². The van der Waals surface area contributed by atoms with E-state index in [9.17, 15) is 4.39 Å². The summed E-state index contributed by atoms with van der Waals surface area (Å²) in [6.45, 7) is 4.86. The molecule has 21 heavy (non-hydrogen) atoms. The van der Waals surface area contributed by atoms with Gasteiger partial charge in [-0.2, -0.15) is 5.10 Å². The molecule has 0 saturated carbocycles. The molecule has 1 unspecified atom stereocenters. The highest BCUT2D eigenvalue weighted by Gasteiger charge is 2.16. The molecule has 0 aliphatic carbocycles. The Bertz CT molecular complexity index is 610. The number of methoxy groups -OCH3 is 1. The Labute approximate surface area is 124 Å². The minimum absolute atomic E-state index is 0.0962. The van der Waals surface area contributed by atoms with Crippen LogP contribution in [0, 0.1) is 12.7 Å². The van der Waals surface area contributed by atoms with Crippen molar-refractivity contribution in [2.24, 2.45) is 0 Å². The molecule has 0 fully saturated rings. The minimum Gasteiger partial charge on any atom is -0.494 e. The first-order valence-electron chi connectivity index (χ1n) is 7.13. The molecule has 2 aromatic rings. The lowest BCUT2D eigenvalue weighted by atomic mass is 10.0. The summed E-state index contributed by atoms with van der Waals surface area (Å²) < 4.78 is 20.7. The number of hydrogen-bond donors (Lipinski definition) is 1. The zero-order valence-electron chi connectivity index (χ0n) is 13.0. The van der Waals surface area contributed by atoms with Gasteiger partial charge in [0.05, 0.1) is 24.5 Å². The number of ether oxygens (including phenoxy) is 1. The van der Waals surface area contributed by atoms with Crippen molar-refractivity contribution in [1.82, 2.24) is 15.1 Å². The van der Waals surface area contributed by atoms with Crippen LogP contribution in [-0.2, 0) is 13.0 Å². The molecule has 0 aliphatic rings. The fraction of sp³-hybridized carbons (Fsp3) is 0.438. The zero-order valence-corrected chi connectivity index (χ0v) is 13.0. The largest absolute Gasteiger partial charge is 0.494 e. The molecular formula is C16H22FN3O. The normalized spacial score (nSPS) is 12.4. The van der Waals surface area contributed by atoms with Crippen LogP contribution in [0.1, 0.15) is 29.9 Å². The van der Waals surface area contributed by atoms with E-state index >= 15 is 0 Å². The summed E-state index contributed by atoms with van der Waals surface area (Å²) in [7, 11) is 3.38. The molecule has 1 aromatic heterocycles. The third kappa shape index (κ3) is 3.42. The van der Waals surface area contributed by atoms with Crippen molar-refractivity contribution in [3.05, 3.63) is 47.0 Å². The van der Waals surface area contributed by atoms with Crippen LogP contribution in [0.2, 0.25) is 0 Å². The fourth-order valence-electron chi connectivity index (χ4n) is 2.53. The van der Waals surface area contributed by atoms with Gasteiger partial charge in [-0.1, -0.05) is 6.07 Å². The molecule has 0 amide bonds. The van der Waals surface area contributed by atoms with E-state index in [1.54, 1.807) is 6.07 Å². The monoisotopic (exact) mass is 291 g/mol. The molecule has 2 rings (SSSR count). The van der Waals surface area contributed by atoms with Crippen molar-refractivity contribution in [1.29, 1.82) is 0 Å². The average Bonchev–Trinajstić information content (AvgIpc) is 2.86. The lowest BCUT2D eigenvalue weighted by molar-refractivity contribution is 0.386. The summed E-state index contributed by atoms with van der Waals surface area (Å²) in [5.74, 6) is -0.0563. The standard InChI is InChI=1S/C16H22FN3O/c1-5-20-15(8-11(2)19-20)14(18-3)10-12-6-7-16(21-4)13(17)9-12/h6-9,14,18H,5,10H2,1-4H3. The Morgan fingerprint density at radius 1 is 1.38 bits per heavy atom. The van der Waals surface area contributed by atoms with Crippen LogP contribution in [0.5, 0.6) is 5.75 Å². The lowest BCUT2D eigenvalue weighted by Crippen LogP contribution is -2.22. The first-order chi connectivity index (χ1) is 10.1. The highest BCUT2D eigenvalue weighted by atomic mass is 19.1. The van der Waals surface area contributed by atoms with Crippen LogP contribution in [0.4, 0.5) is 4.39 Å². The first kappa shape index (κ1) is 15.5. The first-order valence-corrected chi connectivity index (χ1v) is 7.13. The topological polar surface area (TPSA) is 39.1 Å². The third-order valence-corrected chi connectivity index (χ3v) is 3.59. The number of rotatable bonds is 6. The lowest BCUT2D eigenvalue weighted by Gasteiger charge is -2.18. The van der Waals surface area contributed by atoms with Gasteiger partial charge >= 0.3 is 0 Å². The Kier molecular flexibility index (Phi) is 4.96. The van der Waals surface area contributed by atoms with E-state index in [4.69, 9.17) is 4.74 Å². The smallest absolute Gasteiger partial charge is 0.165 e. The second-order valence-corrected chi connectivity index (χ2v) is 5.04. The maximum atomic E-state index is 13.8. The van der Waals surface area contributed by atoms with Crippen LogP contribution >= 0.6 is 0 Å². The maximum absolute atomic E-state index is 13.8. The van der Waals surface area contributed by atoms with Crippen LogP contribution in [-0.4, -0.2) is 23.9 Å². The number of hydrogen-bond acceptors (Lipinski definition) is 3. The number of aromatic nitrogens is 2. The van der Waals surface area contributed by atoms with Crippen molar-refractivity contribution in [2.75, 3.05) is 14.2 Å². The van der Waals surface area contributed by atoms with Crippen molar-refractivity contribution < 1.29 is 9.13 Å². The summed E-state index contributed by atoms with van der Waals surface area (Å²) in [5.41, 5.74) is 3.04. The Morgan fingerprint density at radius 2 is 2.14 bits per heavy atom. The molecule has 1 N–H and O–H groups in total. The average molecular weight is 291 g/mol. The minimum atomic E-state index is -0.329. The number of nitrogens with one attached hydrogen (secondary N) is 1. The van der Waals surface area contributed by atoms with Crippen molar-refractivity contribution in [3.8, 4) is 5.75 Å². The van der Waals surface area contributed by atoms with Crippen molar-refractivity contribution in [3.63, 3.8) is 0 Å². The quantitative estimate of drug-likeness (QED) is 0.889. The van der Waals surface area contributed by atoms with Gasteiger partial charge in [0.15, 0.2) is 11.6 Å². The molecule has 4 nitrogen and oxygen atoms in total. The molecule has 1 atom stereocenters. The van der Waals surface area contributed by atoms with Gasteiger partial charge in [0.2, 0.25) is 0 Å². The van der Waals surface area contributed by atoms with Gasteiger partial charge in [0.1, 0.15) is 0 Å². The molecule has 0 radical (unpaired) electrons. The highest BCUT2D eigenvalue weighted by molar-refractivity contribution is 5.30. The van der Waals surface area contributed by atoms with Crippen LogP contribution in [0.15, 0.2) is 24.3 Å². The van der Waals surface area contributed by atoms with Gasteiger partial charge in [0, 0.05) is 6.54 Å². The van der Waals surface area contributed by atoms with Gasteiger partial charge < -0.3 is 10.1 Å². The van der Waals surface area contributed by atoms with E-state index in [1.165, 1.54) is 13.2 Å². The van der Waals surface area contributed by atoms with E-state index in [0.29, 0.717) is 6.42 Å². The summed E-state index contributed by atoms with van der Waals surface area (Å²) in [6, 6.07) is 7.26. The second kappa shape index (κ2) is 6.72. The SMILES string of the molecule is CCn1nc(C)cc1C(Cc1ccc(OC)c(F)c1)NC. The molecule has 0 spiro atoms. The molecule has 1 aromatic carbocycles. The molecule has 0 bridgehead atoms. The molecule has 0 saturated heterocycles. The molecule has 1 heterocycles. The van der Waals surface area contributed by atoms with Crippen molar-refractivity contribution in [2.45, 2.75) is 32.9 Å². The van der Waals surface area contributed by atoms with Gasteiger partial charge in [-0.05, 0) is 51.1 Å². The number of nitrogens with zero attached hydrogens (tertiary/aromatic N) is 2. The summed E-state index contributed by atoms with van der Waals surface area (Å²) in [6.07, 6.45) is 0.697. The van der Waals surface area contributed by atoms with E-state index < -0.39 is 0 Å². The summed E-state index contributed by atoms with van der Waals surface area (Å²) in [5, 5.41) is 7.76. The van der Waals surface area contributed by atoms with Gasteiger partial charge in [-0.3, -0.25) is 4.68 Å². The molecule has 5 heteroatoms. The predicted octanol–water partition coefficient (Wildman–Crippen LogP) is 2.86. The van der Waals surface area contributed by atoms with E-state index in [-0.39, 0.29) is 17.6 Å². The maximum Gasteiger partial charge on any atom is 0.165 e. The molecule has 0 aliphatic heterocycles. The number of halogens is 1. The highest BCUT2D eigenvalue weighted by Crippen LogP contribution is 2.23. The van der Waals surface area contributed by atoms with E-state index in [1.807, 2.05) is 24.7 Å². The Balaban J connectivity index is 2.24.